The second kappa shape index (κ2) is 3.87. The first kappa shape index (κ1) is 11.6. The summed E-state index contributed by atoms with van der Waals surface area (Å²) in [5.74, 6) is 0.824. The molecule has 1 N–H and O–H groups in total. The summed E-state index contributed by atoms with van der Waals surface area (Å²) in [5.41, 5.74) is -0.0189. The predicted molar refractivity (Wildman–Crippen MR) is 66.5 cm³/mol. The first-order chi connectivity index (χ1) is 9.10. The summed E-state index contributed by atoms with van der Waals surface area (Å²) in [6.45, 7) is 0. The van der Waals surface area contributed by atoms with Crippen LogP contribution in [0.4, 0.5) is 14.7 Å². The zero-order valence-electron chi connectivity index (χ0n) is 10.7. The highest BCUT2D eigenvalue weighted by Crippen LogP contribution is 2.56. The summed E-state index contributed by atoms with van der Waals surface area (Å²) in [6, 6.07) is 0.713. The molecule has 102 valence electrons. The van der Waals surface area contributed by atoms with Gasteiger partial charge in [-0.3, -0.25) is 0 Å². The molecule has 4 saturated carbocycles. The molecular formula is C14H17F2N3. The summed E-state index contributed by atoms with van der Waals surface area (Å²) in [5, 5.41) is 3.27. The fourth-order valence-electron chi connectivity index (χ4n) is 4.95. The van der Waals surface area contributed by atoms with Crippen LogP contribution in [0.15, 0.2) is 6.07 Å². The Kier molecular flexibility index (Phi) is 2.35. The van der Waals surface area contributed by atoms with E-state index in [1.54, 1.807) is 0 Å². The highest BCUT2D eigenvalue weighted by Gasteiger charge is 2.51. The molecule has 0 aromatic carbocycles. The molecule has 0 amide bonds. The zero-order valence-corrected chi connectivity index (χ0v) is 10.7. The SMILES string of the molecule is Fc1cc(F)nc(NC23CC4CC(CC(C4)C2)C3)n1. The largest absolute Gasteiger partial charge is 0.349 e. The molecule has 0 radical (unpaired) electrons. The smallest absolute Gasteiger partial charge is 0.228 e. The van der Waals surface area contributed by atoms with Crippen LogP contribution in [0.5, 0.6) is 0 Å². The molecule has 0 atom stereocenters. The summed E-state index contributed by atoms with van der Waals surface area (Å²) < 4.78 is 26.3. The second-order valence-corrected chi connectivity index (χ2v) is 6.66. The predicted octanol–water partition coefficient (Wildman–Crippen LogP) is 3.14. The van der Waals surface area contributed by atoms with Crippen LogP contribution in [0.3, 0.4) is 0 Å². The minimum Gasteiger partial charge on any atom is -0.349 e. The van der Waals surface area contributed by atoms with Crippen LogP contribution in [-0.2, 0) is 0 Å². The van der Waals surface area contributed by atoms with E-state index in [0.29, 0.717) is 6.07 Å². The summed E-state index contributed by atoms with van der Waals surface area (Å²) in [6.07, 6.45) is 7.29. The van der Waals surface area contributed by atoms with Crippen molar-refractivity contribution in [1.82, 2.24) is 9.97 Å². The Balaban J connectivity index is 1.62. The van der Waals surface area contributed by atoms with Crippen LogP contribution in [0.1, 0.15) is 38.5 Å². The quantitative estimate of drug-likeness (QED) is 0.835. The first-order valence-electron chi connectivity index (χ1n) is 7.08. The van der Waals surface area contributed by atoms with E-state index < -0.39 is 11.9 Å². The lowest BCUT2D eigenvalue weighted by Gasteiger charge is -2.56. The number of nitrogens with one attached hydrogen (secondary N) is 1. The van der Waals surface area contributed by atoms with Gasteiger partial charge in [-0.05, 0) is 56.3 Å². The lowest BCUT2D eigenvalue weighted by molar-refractivity contribution is 0.0103. The monoisotopic (exact) mass is 265 g/mol. The lowest BCUT2D eigenvalue weighted by Crippen LogP contribution is -2.55. The average molecular weight is 265 g/mol. The van der Waals surface area contributed by atoms with E-state index >= 15 is 0 Å². The van der Waals surface area contributed by atoms with Gasteiger partial charge >= 0.3 is 0 Å². The number of rotatable bonds is 2. The van der Waals surface area contributed by atoms with Crippen molar-refractivity contribution < 1.29 is 8.78 Å². The third-order valence-electron chi connectivity index (χ3n) is 5.08. The fraction of sp³-hybridized carbons (Fsp3) is 0.714. The maximum Gasteiger partial charge on any atom is 0.228 e. The highest BCUT2D eigenvalue weighted by molar-refractivity contribution is 5.31. The van der Waals surface area contributed by atoms with Gasteiger partial charge in [0.05, 0.1) is 0 Å². The lowest BCUT2D eigenvalue weighted by atomic mass is 9.53. The van der Waals surface area contributed by atoms with Gasteiger partial charge in [0.2, 0.25) is 17.8 Å². The van der Waals surface area contributed by atoms with Crippen molar-refractivity contribution in [1.29, 1.82) is 0 Å². The number of anilines is 1. The maximum absolute atomic E-state index is 13.2. The molecule has 0 saturated heterocycles. The van der Waals surface area contributed by atoms with Crippen molar-refractivity contribution in [2.45, 2.75) is 44.1 Å². The Morgan fingerprint density at radius 1 is 0.947 bits per heavy atom. The van der Waals surface area contributed by atoms with Gasteiger partial charge in [-0.2, -0.15) is 18.7 Å². The molecule has 4 aliphatic rings. The first-order valence-corrected chi connectivity index (χ1v) is 7.08. The van der Waals surface area contributed by atoms with E-state index in [1.807, 2.05) is 0 Å². The Morgan fingerprint density at radius 3 is 1.89 bits per heavy atom. The maximum atomic E-state index is 13.2. The van der Waals surface area contributed by atoms with Gasteiger partial charge in [0, 0.05) is 11.6 Å². The minimum absolute atomic E-state index is 0.0189. The number of hydrogen-bond acceptors (Lipinski definition) is 3. The van der Waals surface area contributed by atoms with Gasteiger partial charge in [0.1, 0.15) is 0 Å². The molecule has 0 aliphatic heterocycles. The Hall–Kier alpha value is -1.26. The molecule has 1 aromatic heterocycles. The Morgan fingerprint density at radius 2 is 1.42 bits per heavy atom. The van der Waals surface area contributed by atoms with Gasteiger partial charge in [-0.15, -0.1) is 0 Å². The van der Waals surface area contributed by atoms with E-state index in [4.69, 9.17) is 0 Å². The van der Waals surface area contributed by atoms with Crippen LogP contribution < -0.4 is 5.32 Å². The van der Waals surface area contributed by atoms with Crippen molar-refractivity contribution in [3.63, 3.8) is 0 Å². The highest BCUT2D eigenvalue weighted by atomic mass is 19.1. The van der Waals surface area contributed by atoms with E-state index in [2.05, 4.69) is 15.3 Å². The topological polar surface area (TPSA) is 37.8 Å². The van der Waals surface area contributed by atoms with Crippen LogP contribution in [-0.4, -0.2) is 15.5 Å². The second-order valence-electron chi connectivity index (χ2n) is 6.66. The van der Waals surface area contributed by atoms with Gasteiger partial charge in [-0.1, -0.05) is 0 Å². The third kappa shape index (κ3) is 1.99. The third-order valence-corrected chi connectivity index (χ3v) is 5.08. The number of hydrogen-bond donors (Lipinski definition) is 1. The molecule has 0 spiro atoms. The van der Waals surface area contributed by atoms with Gasteiger partial charge in [0.25, 0.3) is 0 Å². The number of halogens is 2. The molecule has 0 unspecified atom stereocenters. The van der Waals surface area contributed by atoms with Crippen molar-refractivity contribution in [3.8, 4) is 0 Å². The van der Waals surface area contributed by atoms with E-state index in [9.17, 15) is 8.78 Å². The normalized spacial score (nSPS) is 39.6. The molecule has 3 nitrogen and oxygen atoms in total. The van der Waals surface area contributed by atoms with E-state index in [0.717, 1.165) is 37.0 Å². The fourth-order valence-corrected chi connectivity index (χ4v) is 4.95. The average Bonchev–Trinajstić information content (AvgIpc) is 2.23. The molecule has 1 heterocycles. The van der Waals surface area contributed by atoms with Gasteiger partial charge in [-0.25, -0.2) is 0 Å². The standard InChI is InChI=1S/C14H17F2N3/c15-11-4-12(16)18-13(17-11)19-14-5-8-1-9(6-14)3-10(2-8)7-14/h4,8-10H,1-3,5-7H2,(H,17,18,19). The molecule has 5 heteroatoms. The van der Waals surface area contributed by atoms with Crippen molar-refractivity contribution in [2.24, 2.45) is 17.8 Å². The number of aromatic nitrogens is 2. The molecule has 1 aromatic rings. The van der Waals surface area contributed by atoms with Gasteiger partial charge in [0.15, 0.2) is 0 Å². The summed E-state index contributed by atoms with van der Waals surface area (Å²) >= 11 is 0. The van der Waals surface area contributed by atoms with Crippen molar-refractivity contribution in [2.75, 3.05) is 5.32 Å². The van der Waals surface area contributed by atoms with Crippen LogP contribution in [0.2, 0.25) is 0 Å². The molecule has 4 bridgehead atoms. The molecule has 4 aliphatic carbocycles. The Labute approximate surface area is 110 Å². The van der Waals surface area contributed by atoms with E-state index in [-0.39, 0.29) is 11.5 Å². The van der Waals surface area contributed by atoms with Crippen molar-refractivity contribution in [3.05, 3.63) is 18.0 Å². The molecule has 4 fully saturated rings. The van der Waals surface area contributed by atoms with E-state index in [1.165, 1.54) is 19.3 Å². The molecule has 5 rings (SSSR count). The molecular weight excluding hydrogens is 248 g/mol. The summed E-state index contributed by atoms with van der Waals surface area (Å²) in [4.78, 5) is 7.36. The zero-order chi connectivity index (χ0) is 13.0. The van der Waals surface area contributed by atoms with Crippen LogP contribution in [0.25, 0.3) is 0 Å². The van der Waals surface area contributed by atoms with Crippen LogP contribution in [0, 0.1) is 29.6 Å². The Bertz CT molecular complexity index is 462. The minimum atomic E-state index is -0.806. The van der Waals surface area contributed by atoms with Crippen LogP contribution >= 0.6 is 0 Å². The van der Waals surface area contributed by atoms with Crippen molar-refractivity contribution >= 4 is 5.95 Å². The number of nitrogens with zero attached hydrogens (tertiary/aromatic N) is 2. The summed E-state index contributed by atoms with van der Waals surface area (Å²) in [7, 11) is 0. The van der Waals surface area contributed by atoms with Gasteiger partial charge < -0.3 is 5.32 Å². The molecule has 19 heavy (non-hydrogen) atoms.